The lowest BCUT2D eigenvalue weighted by molar-refractivity contribution is -0.149. The molecule has 5 nitrogen and oxygen atoms in total. The number of alkyl halides is 3. The van der Waals surface area contributed by atoms with E-state index in [1.165, 1.54) is 12.1 Å². The lowest BCUT2D eigenvalue weighted by Gasteiger charge is -2.10. The van der Waals surface area contributed by atoms with E-state index < -0.39 is 30.2 Å². The van der Waals surface area contributed by atoms with E-state index in [9.17, 15) is 22.8 Å². The third-order valence-electron chi connectivity index (χ3n) is 3.22. The fraction of sp³-hybridized carbons (Fsp3) is 0.222. The molecule has 0 atom stereocenters. The molecule has 138 valence electrons. The molecule has 0 saturated heterocycles. The van der Waals surface area contributed by atoms with Gasteiger partial charge in [0.15, 0.2) is 13.2 Å². The third kappa shape index (κ3) is 6.12. The molecule has 1 amide bonds. The predicted molar refractivity (Wildman–Crippen MR) is 87.7 cm³/mol. The van der Waals surface area contributed by atoms with Gasteiger partial charge in [0.25, 0.3) is 5.91 Å². The van der Waals surface area contributed by atoms with Crippen LogP contribution >= 0.6 is 0 Å². The molecule has 0 aromatic heterocycles. The van der Waals surface area contributed by atoms with Crippen molar-refractivity contribution < 1.29 is 32.2 Å². The lowest BCUT2D eigenvalue weighted by Crippen LogP contribution is -2.23. The van der Waals surface area contributed by atoms with Crippen molar-refractivity contribution in [2.75, 3.05) is 18.5 Å². The maximum Gasteiger partial charge on any atom is 0.416 e. The molecule has 0 fully saturated rings. The molecule has 2 aromatic carbocycles. The Hall–Kier alpha value is -3.03. The summed E-state index contributed by atoms with van der Waals surface area (Å²) in [7, 11) is 0. The molecule has 0 bridgehead atoms. The zero-order chi connectivity index (χ0) is 19.2. The van der Waals surface area contributed by atoms with Gasteiger partial charge in [-0.15, -0.1) is 0 Å². The molecule has 2 rings (SSSR count). The number of carbonyl (C=O) groups is 2. The van der Waals surface area contributed by atoms with Crippen LogP contribution in [0.25, 0.3) is 0 Å². The average Bonchev–Trinajstić information content (AvgIpc) is 2.59. The van der Waals surface area contributed by atoms with Crippen LogP contribution in [0.3, 0.4) is 0 Å². The number of ether oxygens (including phenoxy) is 2. The molecule has 8 heteroatoms. The number of rotatable bonds is 6. The number of benzene rings is 2. The van der Waals surface area contributed by atoms with Crippen molar-refractivity contribution >= 4 is 17.6 Å². The van der Waals surface area contributed by atoms with E-state index in [0.29, 0.717) is 5.75 Å². The largest absolute Gasteiger partial charge is 0.482 e. The van der Waals surface area contributed by atoms with Gasteiger partial charge in [0.1, 0.15) is 5.75 Å². The number of anilines is 1. The van der Waals surface area contributed by atoms with Gasteiger partial charge in [-0.05, 0) is 37.3 Å². The van der Waals surface area contributed by atoms with Crippen LogP contribution < -0.4 is 10.1 Å². The van der Waals surface area contributed by atoms with Gasteiger partial charge in [-0.3, -0.25) is 4.79 Å². The van der Waals surface area contributed by atoms with Gasteiger partial charge in [0, 0.05) is 5.69 Å². The van der Waals surface area contributed by atoms with Crippen LogP contribution in [0.4, 0.5) is 18.9 Å². The fourth-order valence-corrected chi connectivity index (χ4v) is 1.93. The van der Waals surface area contributed by atoms with Crippen LogP contribution in [0, 0.1) is 6.92 Å². The number of halogens is 3. The molecule has 2 aromatic rings. The first-order chi connectivity index (χ1) is 12.2. The summed E-state index contributed by atoms with van der Waals surface area (Å²) in [6.45, 7) is 0.882. The highest BCUT2D eigenvalue weighted by atomic mass is 19.4. The number of nitrogens with one attached hydrogen (secondary N) is 1. The minimum absolute atomic E-state index is 0.0446. The number of hydrogen-bond donors (Lipinski definition) is 1. The van der Waals surface area contributed by atoms with E-state index >= 15 is 0 Å². The molecule has 0 radical (unpaired) electrons. The van der Waals surface area contributed by atoms with E-state index in [4.69, 9.17) is 9.47 Å². The third-order valence-corrected chi connectivity index (χ3v) is 3.22. The Kier molecular flexibility index (Phi) is 6.21. The predicted octanol–water partition coefficient (Wildman–Crippen LogP) is 3.57. The average molecular weight is 367 g/mol. The van der Waals surface area contributed by atoms with Crippen molar-refractivity contribution in [3.63, 3.8) is 0 Å². The van der Waals surface area contributed by atoms with Crippen LogP contribution in [-0.4, -0.2) is 25.1 Å². The minimum atomic E-state index is -4.51. The van der Waals surface area contributed by atoms with Crippen molar-refractivity contribution in [2.24, 2.45) is 0 Å². The molecule has 0 unspecified atom stereocenters. The van der Waals surface area contributed by atoms with Crippen LogP contribution in [0.1, 0.15) is 11.1 Å². The molecule has 1 N–H and O–H groups in total. The van der Waals surface area contributed by atoms with E-state index in [0.717, 1.165) is 17.7 Å². The molecule has 0 saturated carbocycles. The number of amides is 1. The number of aryl methyl sites for hydroxylation is 1. The Bertz CT molecular complexity index is 773. The maximum atomic E-state index is 12.6. The van der Waals surface area contributed by atoms with Crippen LogP contribution in [0.15, 0.2) is 48.5 Å². The Morgan fingerprint density at radius 1 is 1.04 bits per heavy atom. The van der Waals surface area contributed by atoms with Gasteiger partial charge < -0.3 is 14.8 Å². The summed E-state index contributed by atoms with van der Waals surface area (Å²) in [6, 6.07) is 11.1. The van der Waals surface area contributed by atoms with E-state index in [1.54, 1.807) is 12.1 Å². The SMILES string of the molecule is Cc1ccc(OCC(=O)OCC(=O)Nc2cccc(C(F)(F)F)c2)cc1. The Balaban J connectivity index is 1.77. The van der Waals surface area contributed by atoms with Gasteiger partial charge in [0.05, 0.1) is 5.56 Å². The van der Waals surface area contributed by atoms with Gasteiger partial charge in [-0.25, -0.2) is 4.79 Å². The summed E-state index contributed by atoms with van der Waals surface area (Å²) >= 11 is 0. The summed E-state index contributed by atoms with van der Waals surface area (Å²) < 4.78 is 47.7. The van der Waals surface area contributed by atoms with Crippen molar-refractivity contribution in [1.82, 2.24) is 0 Å². The minimum Gasteiger partial charge on any atom is -0.482 e. The molecule has 0 aliphatic heterocycles. The second-order valence-corrected chi connectivity index (χ2v) is 5.39. The Morgan fingerprint density at radius 3 is 2.38 bits per heavy atom. The topological polar surface area (TPSA) is 64.6 Å². The summed E-state index contributed by atoms with van der Waals surface area (Å²) in [5.41, 5.74) is 0.0989. The first-order valence-corrected chi connectivity index (χ1v) is 7.56. The normalized spacial score (nSPS) is 10.9. The maximum absolute atomic E-state index is 12.6. The van der Waals surface area contributed by atoms with Crippen molar-refractivity contribution in [3.8, 4) is 5.75 Å². The highest BCUT2D eigenvalue weighted by Crippen LogP contribution is 2.30. The Morgan fingerprint density at radius 2 is 1.73 bits per heavy atom. The first-order valence-electron chi connectivity index (χ1n) is 7.56. The van der Waals surface area contributed by atoms with Crippen LogP contribution in [-0.2, 0) is 20.5 Å². The van der Waals surface area contributed by atoms with E-state index in [2.05, 4.69) is 5.32 Å². The number of esters is 1. The molecule has 0 spiro atoms. The second kappa shape index (κ2) is 8.37. The van der Waals surface area contributed by atoms with Crippen LogP contribution in [0.2, 0.25) is 0 Å². The monoisotopic (exact) mass is 367 g/mol. The zero-order valence-corrected chi connectivity index (χ0v) is 13.8. The van der Waals surface area contributed by atoms with Gasteiger partial charge in [-0.2, -0.15) is 13.2 Å². The summed E-state index contributed by atoms with van der Waals surface area (Å²) in [5, 5.41) is 2.23. The highest BCUT2D eigenvalue weighted by Gasteiger charge is 2.30. The Labute approximate surface area is 147 Å². The highest BCUT2D eigenvalue weighted by molar-refractivity contribution is 5.92. The van der Waals surface area contributed by atoms with Gasteiger partial charge in [-0.1, -0.05) is 23.8 Å². The van der Waals surface area contributed by atoms with Crippen molar-refractivity contribution in [1.29, 1.82) is 0 Å². The zero-order valence-electron chi connectivity index (χ0n) is 13.8. The standard InChI is InChI=1S/C18H16F3NO4/c1-12-5-7-15(8-6-12)25-11-17(24)26-10-16(23)22-14-4-2-3-13(9-14)18(19,20)21/h2-9H,10-11H2,1H3,(H,22,23). The summed E-state index contributed by atoms with van der Waals surface area (Å²) in [4.78, 5) is 23.2. The fourth-order valence-electron chi connectivity index (χ4n) is 1.93. The van der Waals surface area contributed by atoms with Crippen molar-refractivity contribution in [2.45, 2.75) is 13.1 Å². The molecular weight excluding hydrogens is 351 g/mol. The molecule has 0 aliphatic rings. The second-order valence-electron chi connectivity index (χ2n) is 5.39. The first kappa shape index (κ1) is 19.3. The van der Waals surface area contributed by atoms with E-state index in [-0.39, 0.29) is 12.3 Å². The van der Waals surface area contributed by atoms with Gasteiger partial charge >= 0.3 is 12.1 Å². The van der Waals surface area contributed by atoms with E-state index in [1.807, 2.05) is 19.1 Å². The summed E-state index contributed by atoms with van der Waals surface area (Å²) in [6.07, 6.45) is -4.51. The molecule has 0 aliphatic carbocycles. The summed E-state index contributed by atoms with van der Waals surface area (Å²) in [5.74, 6) is -1.06. The number of carbonyl (C=O) groups excluding carboxylic acids is 2. The molecule has 26 heavy (non-hydrogen) atoms. The number of hydrogen-bond acceptors (Lipinski definition) is 4. The smallest absolute Gasteiger partial charge is 0.416 e. The van der Waals surface area contributed by atoms with Crippen LogP contribution in [0.5, 0.6) is 5.75 Å². The lowest BCUT2D eigenvalue weighted by atomic mass is 10.2. The molecular formula is C18H16F3NO4. The molecule has 0 heterocycles. The quantitative estimate of drug-likeness (QED) is 0.793. The van der Waals surface area contributed by atoms with Gasteiger partial charge in [0.2, 0.25) is 0 Å². The van der Waals surface area contributed by atoms with Crippen molar-refractivity contribution in [3.05, 3.63) is 59.7 Å².